The van der Waals surface area contributed by atoms with Crippen molar-refractivity contribution >= 4 is 12.1 Å². The SMILES string of the molecule is CC(C)(C)CCOC(=O)N1CC[C@]1(CCO)C(=O)O. The highest BCUT2D eigenvalue weighted by molar-refractivity contribution is 5.86. The minimum absolute atomic E-state index is 0.0384. The van der Waals surface area contributed by atoms with E-state index in [2.05, 4.69) is 0 Å². The number of nitrogens with zero attached hydrogens (tertiary/aromatic N) is 1. The van der Waals surface area contributed by atoms with E-state index in [-0.39, 0.29) is 25.0 Å². The van der Waals surface area contributed by atoms with E-state index in [9.17, 15) is 14.7 Å². The monoisotopic (exact) mass is 273 g/mol. The molecule has 0 bridgehead atoms. The van der Waals surface area contributed by atoms with Gasteiger partial charge >= 0.3 is 12.1 Å². The zero-order valence-electron chi connectivity index (χ0n) is 11.8. The maximum Gasteiger partial charge on any atom is 0.410 e. The summed E-state index contributed by atoms with van der Waals surface area (Å²) in [4.78, 5) is 24.3. The average Bonchev–Trinajstić information content (AvgIpc) is 2.21. The molecule has 1 amide bonds. The van der Waals surface area contributed by atoms with Crippen LogP contribution in [0.25, 0.3) is 0 Å². The second-order valence-electron chi connectivity index (χ2n) is 6.14. The van der Waals surface area contributed by atoms with Crippen molar-refractivity contribution in [2.75, 3.05) is 19.8 Å². The number of amides is 1. The number of ether oxygens (including phenoxy) is 1. The first-order valence-corrected chi connectivity index (χ1v) is 6.51. The average molecular weight is 273 g/mol. The Morgan fingerprint density at radius 1 is 1.37 bits per heavy atom. The molecule has 1 atom stereocenters. The van der Waals surface area contributed by atoms with Gasteiger partial charge < -0.3 is 14.9 Å². The van der Waals surface area contributed by atoms with Crippen molar-refractivity contribution in [2.24, 2.45) is 5.41 Å². The first-order chi connectivity index (χ1) is 8.73. The molecule has 1 fully saturated rings. The van der Waals surface area contributed by atoms with Gasteiger partial charge in [-0.1, -0.05) is 20.8 Å². The number of carboxylic acid groups (broad SMARTS) is 1. The van der Waals surface area contributed by atoms with Crippen molar-refractivity contribution in [3.05, 3.63) is 0 Å². The van der Waals surface area contributed by atoms with Gasteiger partial charge in [-0.2, -0.15) is 0 Å². The van der Waals surface area contributed by atoms with Gasteiger partial charge in [-0.25, -0.2) is 9.59 Å². The summed E-state index contributed by atoms with van der Waals surface area (Å²) >= 11 is 0. The summed E-state index contributed by atoms with van der Waals surface area (Å²) in [7, 11) is 0. The molecule has 19 heavy (non-hydrogen) atoms. The lowest BCUT2D eigenvalue weighted by atomic mass is 9.82. The number of carbonyl (C=O) groups is 2. The molecule has 0 spiro atoms. The zero-order valence-corrected chi connectivity index (χ0v) is 11.8. The summed E-state index contributed by atoms with van der Waals surface area (Å²) in [5.41, 5.74) is -1.22. The maximum atomic E-state index is 11.9. The van der Waals surface area contributed by atoms with Crippen molar-refractivity contribution in [3.8, 4) is 0 Å². The maximum absolute atomic E-state index is 11.9. The van der Waals surface area contributed by atoms with E-state index in [1.807, 2.05) is 20.8 Å². The van der Waals surface area contributed by atoms with Crippen LogP contribution in [0.2, 0.25) is 0 Å². The van der Waals surface area contributed by atoms with E-state index >= 15 is 0 Å². The number of likely N-dealkylation sites (tertiary alicyclic amines) is 1. The van der Waals surface area contributed by atoms with Crippen LogP contribution in [-0.2, 0) is 9.53 Å². The van der Waals surface area contributed by atoms with Gasteiger partial charge in [0.15, 0.2) is 0 Å². The van der Waals surface area contributed by atoms with Crippen molar-refractivity contribution in [3.63, 3.8) is 0 Å². The number of rotatable bonds is 5. The predicted molar refractivity (Wildman–Crippen MR) is 68.8 cm³/mol. The van der Waals surface area contributed by atoms with Crippen LogP contribution >= 0.6 is 0 Å². The Kier molecular flexibility index (Phi) is 4.79. The first-order valence-electron chi connectivity index (χ1n) is 6.51. The number of aliphatic hydroxyl groups excluding tert-OH is 1. The fourth-order valence-electron chi connectivity index (χ4n) is 2.06. The van der Waals surface area contributed by atoms with Crippen LogP contribution in [0.3, 0.4) is 0 Å². The Morgan fingerprint density at radius 2 is 2.00 bits per heavy atom. The Morgan fingerprint density at radius 3 is 2.37 bits per heavy atom. The summed E-state index contributed by atoms with van der Waals surface area (Å²) in [6.45, 7) is 6.49. The molecule has 1 aliphatic heterocycles. The van der Waals surface area contributed by atoms with Crippen molar-refractivity contribution in [1.82, 2.24) is 4.90 Å². The number of hydrogen-bond acceptors (Lipinski definition) is 4. The summed E-state index contributed by atoms with van der Waals surface area (Å²) in [6, 6.07) is 0. The van der Waals surface area contributed by atoms with Crippen LogP contribution in [0.5, 0.6) is 0 Å². The van der Waals surface area contributed by atoms with Crippen LogP contribution in [0.4, 0.5) is 4.79 Å². The zero-order chi connectivity index (χ0) is 14.7. The van der Waals surface area contributed by atoms with Gasteiger partial charge in [-0.15, -0.1) is 0 Å². The molecule has 1 saturated heterocycles. The van der Waals surface area contributed by atoms with Crippen molar-refractivity contribution < 1.29 is 24.5 Å². The Labute approximate surface area is 113 Å². The minimum atomic E-state index is -1.28. The van der Waals surface area contributed by atoms with Crippen LogP contribution in [-0.4, -0.2) is 52.5 Å². The number of aliphatic carboxylic acids is 1. The summed E-state index contributed by atoms with van der Waals surface area (Å²) in [6.07, 6.45) is 0.506. The standard InChI is InChI=1S/C13H23NO5/c1-12(2,3)6-9-19-11(18)14-7-4-13(14,5-8-15)10(16)17/h15H,4-9H2,1-3H3,(H,16,17)/t13-/m0/s1. The van der Waals surface area contributed by atoms with Gasteiger partial charge in [-0.3, -0.25) is 4.90 Å². The van der Waals surface area contributed by atoms with Crippen LogP contribution in [0, 0.1) is 5.41 Å². The molecule has 6 heteroatoms. The number of carboxylic acids is 1. The Bertz CT molecular complexity index is 349. The van der Waals surface area contributed by atoms with Gasteiger partial charge in [0.1, 0.15) is 5.54 Å². The van der Waals surface area contributed by atoms with Crippen LogP contribution < -0.4 is 0 Å². The van der Waals surface area contributed by atoms with E-state index in [4.69, 9.17) is 9.84 Å². The molecule has 1 rings (SSSR count). The lowest BCUT2D eigenvalue weighted by molar-refractivity contribution is -0.160. The van der Waals surface area contributed by atoms with E-state index < -0.39 is 17.6 Å². The van der Waals surface area contributed by atoms with Gasteiger partial charge in [0, 0.05) is 19.6 Å². The molecule has 110 valence electrons. The largest absolute Gasteiger partial charge is 0.479 e. The van der Waals surface area contributed by atoms with Crippen LogP contribution in [0.15, 0.2) is 0 Å². The summed E-state index contributed by atoms with van der Waals surface area (Å²) in [5, 5.41) is 18.2. The molecule has 0 aliphatic carbocycles. The van der Waals surface area contributed by atoms with E-state index in [1.54, 1.807) is 0 Å². The van der Waals surface area contributed by atoms with Crippen molar-refractivity contribution in [1.29, 1.82) is 0 Å². The fraction of sp³-hybridized carbons (Fsp3) is 0.846. The molecule has 1 heterocycles. The molecule has 0 aromatic rings. The minimum Gasteiger partial charge on any atom is -0.479 e. The summed E-state index contributed by atoms with van der Waals surface area (Å²) < 4.78 is 5.12. The fourth-order valence-corrected chi connectivity index (χ4v) is 2.06. The number of aliphatic hydroxyl groups is 1. The number of carbonyl (C=O) groups excluding carboxylic acids is 1. The molecule has 2 N–H and O–H groups in total. The highest BCUT2D eigenvalue weighted by Crippen LogP contribution is 2.35. The molecular formula is C13H23NO5. The third-order valence-corrected chi connectivity index (χ3v) is 3.49. The van der Waals surface area contributed by atoms with E-state index in [0.29, 0.717) is 19.4 Å². The third-order valence-electron chi connectivity index (χ3n) is 3.49. The lowest BCUT2D eigenvalue weighted by Gasteiger charge is -2.48. The van der Waals surface area contributed by atoms with E-state index in [0.717, 1.165) is 0 Å². The van der Waals surface area contributed by atoms with E-state index in [1.165, 1.54) is 4.90 Å². The molecule has 1 aliphatic rings. The van der Waals surface area contributed by atoms with Gasteiger partial charge in [-0.05, 0) is 18.3 Å². The Hall–Kier alpha value is -1.30. The molecular weight excluding hydrogens is 250 g/mol. The molecule has 0 radical (unpaired) electrons. The van der Waals surface area contributed by atoms with Gasteiger partial charge in [0.25, 0.3) is 0 Å². The molecule has 0 saturated carbocycles. The van der Waals surface area contributed by atoms with Gasteiger partial charge in [0.2, 0.25) is 0 Å². The lowest BCUT2D eigenvalue weighted by Crippen LogP contribution is -2.66. The van der Waals surface area contributed by atoms with Crippen molar-refractivity contribution in [2.45, 2.75) is 45.6 Å². The molecule has 0 aromatic heterocycles. The highest BCUT2D eigenvalue weighted by atomic mass is 16.6. The molecule has 0 unspecified atom stereocenters. The second-order valence-corrected chi connectivity index (χ2v) is 6.14. The highest BCUT2D eigenvalue weighted by Gasteiger charge is 2.54. The summed E-state index contributed by atoms with van der Waals surface area (Å²) in [5.74, 6) is -1.08. The first kappa shape index (κ1) is 15.8. The quantitative estimate of drug-likeness (QED) is 0.792. The smallest absolute Gasteiger partial charge is 0.410 e. The Balaban J connectivity index is 2.55. The normalized spacial score (nSPS) is 22.8. The van der Waals surface area contributed by atoms with Gasteiger partial charge in [0.05, 0.1) is 6.61 Å². The third kappa shape index (κ3) is 3.59. The number of hydrogen-bond donors (Lipinski definition) is 2. The second kappa shape index (κ2) is 5.77. The predicted octanol–water partition coefficient (Wildman–Crippen LogP) is 1.47. The van der Waals surface area contributed by atoms with Crippen LogP contribution in [0.1, 0.15) is 40.0 Å². The molecule has 6 nitrogen and oxygen atoms in total. The molecule has 0 aromatic carbocycles. The topological polar surface area (TPSA) is 87.1 Å².